The Balaban J connectivity index is 2.98. The van der Waals surface area contributed by atoms with Crippen molar-refractivity contribution in [2.45, 2.75) is 51.6 Å². The third-order valence-electron chi connectivity index (χ3n) is 3.17. The SMILES string of the molecule is C=C/C(=C\N=C(C)C(F)(F)F)n1ccc([C@H](C)NS(=O)C(C)(C)C)n1. The van der Waals surface area contributed by atoms with Gasteiger partial charge < -0.3 is 0 Å². The molecular weight excluding hydrogens is 353 g/mol. The Labute approximate surface area is 148 Å². The summed E-state index contributed by atoms with van der Waals surface area (Å²) < 4.78 is 53.5. The maximum absolute atomic E-state index is 12.5. The Kier molecular flexibility index (Phi) is 6.90. The Morgan fingerprint density at radius 3 is 2.52 bits per heavy atom. The van der Waals surface area contributed by atoms with Crippen LogP contribution < -0.4 is 4.72 Å². The van der Waals surface area contributed by atoms with Crippen LogP contribution in [0.1, 0.15) is 46.4 Å². The molecule has 1 N–H and O–H groups in total. The van der Waals surface area contributed by atoms with Crippen LogP contribution in [0.15, 0.2) is 36.1 Å². The molecule has 1 unspecified atom stereocenters. The zero-order valence-corrected chi connectivity index (χ0v) is 15.7. The summed E-state index contributed by atoms with van der Waals surface area (Å²) in [4.78, 5) is 3.41. The standard InChI is InChI=1S/C16H23F3N4OS/c1-7-13(10-20-12(3)16(17,18)19)23-9-8-14(21-23)11(2)22-25(24)15(4,5)6/h7-11,22H,1H2,2-6H3/b13-10+,20-12?/t11-,25?/m0/s1. The van der Waals surface area contributed by atoms with Crippen LogP contribution >= 0.6 is 0 Å². The molecule has 0 radical (unpaired) electrons. The van der Waals surface area contributed by atoms with Crippen LogP contribution in [0.2, 0.25) is 0 Å². The minimum atomic E-state index is -4.48. The fraction of sp³-hybridized carbons (Fsp3) is 0.500. The molecule has 1 heterocycles. The van der Waals surface area contributed by atoms with Crippen molar-refractivity contribution in [3.63, 3.8) is 0 Å². The lowest BCUT2D eigenvalue weighted by Crippen LogP contribution is -2.35. The molecule has 2 atom stereocenters. The second-order valence-corrected chi connectivity index (χ2v) is 8.37. The summed E-state index contributed by atoms with van der Waals surface area (Å²) in [6, 6.07) is 1.39. The largest absolute Gasteiger partial charge is 0.429 e. The van der Waals surface area contributed by atoms with E-state index in [9.17, 15) is 17.4 Å². The second kappa shape index (κ2) is 8.09. The number of nitrogens with one attached hydrogen (secondary N) is 1. The van der Waals surface area contributed by atoms with Gasteiger partial charge in [0, 0.05) is 6.20 Å². The molecular formula is C16H23F3N4OS. The van der Waals surface area contributed by atoms with Crippen LogP contribution in [0, 0.1) is 0 Å². The minimum Gasteiger partial charge on any atom is -0.254 e. The zero-order chi connectivity index (χ0) is 19.4. The zero-order valence-electron chi connectivity index (χ0n) is 14.9. The van der Waals surface area contributed by atoms with Crippen LogP contribution in [-0.2, 0) is 11.0 Å². The Morgan fingerprint density at radius 2 is 2.04 bits per heavy atom. The van der Waals surface area contributed by atoms with Gasteiger partial charge in [-0.1, -0.05) is 6.58 Å². The highest BCUT2D eigenvalue weighted by molar-refractivity contribution is 7.84. The van der Waals surface area contributed by atoms with Crippen molar-refractivity contribution in [3.05, 3.63) is 36.8 Å². The van der Waals surface area contributed by atoms with Crippen LogP contribution in [0.3, 0.4) is 0 Å². The Morgan fingerprint density at radius 1 is 1.44 bits per heavy atom. The molecule has 0 aromatic carbocycles. The maximum Gasteiger partial charge on any atom is 0.429 e. The predicted molar refractivity (Wildman–Crippen MR) is 95.3 cm³/mol. The van der Waals surface area contributed by atoms with E-state index in [0.717, 1.165) is 13.1 Å². The monoisotopic (exact) mass is 376 g/mol. The van der Waals surface area contributed by atoms with E-state index in [1.165, 1.54) is 10.8 Å². The summed E-state index contributed by atoms with van der Waals surface area (Å²) >= 11 is 0. The van der Waals surface area contributed by atoms with Gasteiger partial charge in [0.05, 0.1) is 39.4 Å². The second-order valence-electron chi connectivity index (χ2n) is 6.38. The molecule has 0 aliphatic heterocycles. The topological polar surface area (TPSA) is 59.3 Å². The molecule has 5 nitrogen and oxygen atoms in total. The molecule has 0 aliphatic carbocycles. The minimum absolute atomic E-state index is 0.291. The van der Waals surface area contributed by atoms with E-state index < -0.39 is 27.6 Å². The van der Waals surface area contributed by atoms with Gasteiger partial charge in [0.15, 0.2) is 0 Å². The molecule has 0 fully saturated rings. The van der Waals surface area contributed by atoms with E-state index in [2.05, 4.69) is 21.4 Å². The summed E-state index contributed by atoms with van der Waals surface area (Å²) in [5.74, 6) is 0. The van der Waals surface area contributed by atoms with Gasteiger partial charge in [-0.3, -0.25) is 4.99 Å². The van der Waals surface area contributed by atoms with Gasteiger partial charge >= 0.3 is 6.18 Å². The van der Waals surface area contributed by atoms with Crippen molar-refractivity contribution in [1.29, 1.82) is 0 Å². The quantitative estimate of drug-likeness (QED) is 0.603. The molecule has 1 aromatic rings. The van der Waals surface area contributed by atoms with E-state index in [4.69, 9.17) is 0 Å². The highest BCUT2D eigenvalue weighted by atomic mass is 32.2. The molecule has 140 valence electrons. The number of aromatic nitrogens is 2. The van der Waals surface area contributed by atoms with E-state index >= 15 is 0 Å². The first-order valence-electron chi connectivity index (χ1n) is 7.54. The maximum atomic E-state index is 12.5. The van der Waals surface area contributed by atoms with Crippen LogP contribution in [0.4, 0.5) is 13.2 Å². The molecule has 0 saturated carbocycles. The number of alkyl halides is 3. The van der Waals surface area contributed by atoms with Gasteiger partial charge in [-0.05, 0) is 46.8 Å². The number of hydrogen-bond acceptors (Lipinski definition) is 3. The highest BCUT2D eigenvalue weighted by Gasteiger charge is 2.31. The third-order valence-corrected chi connectivity index (χ3v) is 4.85. The van der Waals surface area contributed by atoms with Gasteiger partial charge in [0.25, 0.3) is 0 Å². The normalized spacial score (nSPS) is 16.6. The first-order valence-corrected chi connectivity index (χ1v) is 8.69. The number of halogens is 3. The van der Waals surface area contributed by atoms with Gasteiger partial charge in [0.2, 0.25) is 0 Å². The average Bonchev–Trinajstić information content (AvgIpc) is 2.95. The Hall–Kier alpha value is -1.74. The lowest BCUT2D eigenvalue weighted by atomic mass is 10.3. The van der Waals surface area contributed by atoms with Crippen molar-refractivity contribution >= 4 is 22.4 Å². The third kappa shape index (κ3) is 6.24. The lowest BCUT2D eigenvalue weighted by molar-refractivity contribution is -0.0591. The van der Waals surface area contributed by atoms with Crippen molar-refractivity contribution in [1.82, 2.24) is 14.5 Å². The van der Waals surface area contributed by atoms with E-state index in [1.54, 1.807) is 19.2 Å². The summed E-state index contributed by atoms with van der Waals surface area (Å²) in [5.41, 5.74) is -0.0734. The molecule has 1 aromatic heterocycles. The highest BCUT2D eigenvalue weighted by Crippen LogP contribution is 2.19. The van der Waals surface area contributed by atoms with E-state index in [0.29, 0.717) is 11.4 Å². The van der Waals surface area contributed by atoms with Crippen molar-refractivity contribution < 1.29 is 17.4 Å². The number of allylic oxidation sites excluding steroid dienone is 2. The summed E-state index contributed by atoms with van der Waals surface area (Å²) in [6.07, 6.45) is -0.486. The van der Waals surface area contributed by atoms with E-state index in [1.807, 2.05) is 20.8 Å². The number of aliphatic imine (C=N–C) groups is 1. The van der Waals surface area contributed by atoms with Gasteiger partial charge in [0.1, 0.15) is 5.71 Å². The number of nitrogens with zero attached hydrogens (tertiary/aromatic N) is 3. The summed E-state index contributed by atoms with van der Waals surface area (Å²) in [5, 5.41) is 4.29. The van der Waals surface area contributed by atoms with Gasteiger partial charge in [-0.2, -0.15) is 18.3 Å². The predicted octanol–water partition coefficient (Wildman–Crippen LogP) is 4.00. The van der Waals surface area contributed by atoms with Crippen LogP contribution in [0.25, 0.3) is 5.70 Å². The number of hydrogen-bond donors (Lipinski definition) is 1. The Bertz CT molecular complexity index is 699. The molecule has 1 rings (SSSR count). The lowest BCUT2D eigenvalue weighted by Gasteiger charge is -2.21. The molecule has 0 bridgehead atoms. The fourth-order valence-electron chi connectivity index (χ4n) is 1.55. The first-order chi connectivity index (χ1) is 11.4. The molecule has 0 amide bonds. The first kappa shape index (κ1) is 21.3. The van der Waals surface area contributed by atoms with Crippen LogP contribution in [-0.4, -0.2) is 30.6 Å². The average molecular weight is 376 g/mol. The van der Waals surface area contributed by atoms with Crippen molar-refractivity contribution in [2.24, 2.45) is 4.99 Å². The van der Waals surface area contributed by atoms with Gasteiger partial charge in [-0.15, -0.1) is 0 Å². The van der Waals surface area contributed by atoms with Crippen LogP contribution in [0.5, 0.6) is 0 Å². The summed E-state index contributed by atoms with van der Waals surface area (Å²) in [6.45, 7) is 11.8. The van der Waals surface area contributed by atoms with E-state index in [-0.39, 0.29) is 6.04 Å². The molecule has 0 saturated heterocycles. The molecule has 25 heavy (non-hydrogen) atoms. The molecule has 0 aliphatic rings. The van der Waals surface area contributed by atoms with Crippen molar-refractivity contribution in [3.8, 4) is 0 Å². The number of rotatable bonds is 6. The molecule has 0 spiro atoms. The fourth-order valence-corrected chi connectivity index (χ4v) is 2.35. The smallest absolute Gasteiger partial charge is 0.254 e. The molecule has 9 heteroatoms. The van der Waals surface area contributed by atoms with Crippen molar-refractivity contribution in [2.75, 3.05) is 0 Å². The van der Waals surface area contributed by atoms with Gasteiger partial charge in [-0.25, -0.2) is 13.6 Å². The summed E-state index contributed by atoms with van der Waals surface area (Å²) in [7, 11) is -1.27.